The van der Waals surface area contributed by atoms with Gasteiger partial charge in [-0.1, -0.05) is 23.7 Å². The zero-order valence-electron chi connectivity index (χ0n) is 12.4. The monoisotopic (exact) mass is 365 g/mol. The molecule has 0 saturated heterocycles. The molecule has 0 atom stereocenters. The SMILES string of the molecule is O=S(=O)(Nc1cnn(Cc2ccc(F)cc2)c1)c1ccc(Cl)cc1. The van der Waals surface area contributed by atoms with Gasteiger partial charge in [0.15, 0.2) is 0 Å². The molecule has 0 aliphatic heterocycles. The summed E-state index contributed by atoms with van der Waals surface area (Å²) in [5.74, 6) is -0.310. The van der Waals surface area contributed by atoms with Crippen molar-refractivity contribution in [1.29, 1.82) is 0 Å². The first-order valence-electron chi connectivity index (χ1n) is 6.98. The van der Waals surface area contributed by atoms with Crippen molar-refractivity contribution in [2.45, 2.75) is 11.4 Å². The lowest BCUT2D eigenvalue weighted by atomic mass is 10.2. The molecule has 0 spiro atoms. The first-order valence-corrected chi connectivity index (χ1v) is 8.84. The second-order valence-electron chi connectivity index (χ2n) is 5.11. The lowest BCUT2D eigenvalue weighted by Crippen LogP contribution is -2.12. The number of nitrogens with one attached hydrogen (secondary N) is 1. The van der Waals surface area contributed by atoms with Gasteiger partial charge in [0, 0.05) is 11.2 Å². The number of aromatic nitrogens is 2. The van der Waals surface area contributed by atoms with Gasteiger partial charge in [-0.15, -0.1) is 0 Å². The molecule has 3 rings (SSSR count). The molecule has 0 aliphatic carbocycles. The van der Waals surface area contributed by atoms with Crippen LogP contribution in [0.25, 0.3) is 0 Å². The molecule has 8 heteroatoms. The van der Waals surface area contributed by atoms with Crippen LogP contribution in [0.4, 0.5) is 10.1 Å². The number of sulfonamides is 1. The Morgan fingerprint density at radius 3 is 2.42 bits per heavy atom. The maximum absolute atomic E-state index is 12.9. The van der Waals surface area contributed by atoms with E-state index in [4.69, 9.17) is 11.6 Å². The van der Waals surface area contributed by atoms with E-state index in [0.29, 0.717) is 17.3 Å². The maximum Gasteiger partial charge on any atom is 0.261 e. The van der Waals surface area contributed by atoms with Gasteiger partial charge in [-0.25, -0.2) is 12.8 Å². The third-order valence-corrected chi connectivity index (χ3v) is 4.92. The highest BCUT2D eigenvalue weighted by Crippen LogP contribution is 2.18. The summed E-state index contributed by atoms with van der Waals surface area (Å²) in [6.07, 6.45) is 2.98. The number of nitrogens with zero attached hydrogens (tertiary/aromatic N) is 2. The van der Waals surface area contributed by atoms with E-state index in [9.17, 15) is 12.8 Å². The minimum atomic E-state index is -3.71. The number of rotatable bonds is 5. The van der Waals surface area contributed by atoms with Crippen molar-refractivity contribution < 1.29 is 12.8 Å². The molecule has 0 amide bonds. The Labute approximate surface area is 143 Å². The normalized spacial score (nSPS) is 11.4. The molecule has 0 fully saturated rings. The predicted molar refractivity (Wildman–Crippen MR) is 90.0 cm³/mol. The Morgan fingerprint density at radius 2 is 1.75 bits per heavy atom. The minimum Gasteiger partial charge on any atom is -0.276 e. The van der Waals surface area contributed by atoms with Crippen LogP contribution in [0.2, 0.25) is 5.02 Å². The van der Waals surface area contributed by atoms with E-state index in [1.165, 1.54) is 42.6 Å². The van der Waals surface area contributed by atoms with E-state index in [1.54, 1.807) is 23.0 Å². The highest BCUT2D eigenvalue weighted by molar-refractivity contribution is 7.92. The topological polar surface area (TPSA) is 64.0 Å². The van der Waals surface area contributed by atoms with Gasteiger partial charge in [0.1, 0.15) is 5.82 Å². The van der Waals surface area contributed by atoms with Crippen LogP contribution in [0.3, 0.4) is 0 Å². The molecular weight excluding hydrogens is 353 g/mol. The van der Waals surface area contributed by atoms with Crippen LogP contribution >= 0.6 is 11.6 Å². The molecule has 0 radical (unpaired) electrons. The fourth-order valence-corrected chi connectivity index (χ4v) is 3.26. The third kappa shape index (κ3) is 3.93. The van der Waals surface area contributed by atoms with Crippen molar-refractivity contribution in [1.82, 2.24) is 9.78 Å². The van der Waals surface area contributed by atoms with E-state index in [-0.39, 0.29) is 10.7 Å². The average molecular weight is 366 g/mol. The second kappa shape index (κ2) is 6.62. The van der Waals surface area contributed by atoms with Crippen LogP contribution in [0.5, 0.6) is 0 Å². The van der Waals surface area contributed by atoms with Gasteiger partial charge in [-0.2, -0.15) is 5.10 Å². The number of hydrogen-bond donors (Lipinski definition) is 1. The van der Waals surface area contributed by atoms with E-state index in [2.05, 4.69) is 9.82 Å². The van der Waals surface area contributed by atoms with E-state index >= 15 is 0 Å². The van der Waals surface area contributed by atoms with E-state index in [1.807, 2.05) is 0 Å². The quantitative estimate of drug-likeness (QED) is 0.752. The minimum absolute atomic E-state index is 0.109. The second-order valence-corrected chi connectivity index (χ2v) is 7.23. The largest absolute Gasteiger partial charge is 0.276 e. The van der Waals surface area contributed by atoms with Gasteiger partial charge >= 0.3 is 0 Å². The molecule has 3 aromatic rings. The van der Waals surface area contributed by atoms with Crippen LogP contribution in [-0.4, -0.2) is 18.2 Å². The van der Waals surface area contributed by atoms with Crippen LogP contribution in [0, 0.1) is 5.82 Å². The molecule has 0 unspecified atom stereocenters. The Bertz CT molecular complexity index is 938. The van der Waals surface area contributed by atoms with Crippen molar-refractivity contribution in [3.63, 3.8) is 0 Å². The molecule has 5 nitrogen and oxygen atoms in total. The smallest absolute Gasteiger partial charge is 0.261 e. The van der Waals surface area contributed by atoms with Gasteiger partial charge in [-0.05, 0) is 42.0 Å². The number of anilines is 1. The molecule has 124 valence electrons. The van der Waals surface area contributed by atoms with Crippen LogP contribution in [0.1, 0.15) is 5.56 Å². The van der Waals surface area contributed by atoms with Crippen molar-refractivity contribution >= 4 is 27.3 Å². The van der Waals surface area contributed by atoms with Gasteiger partial charge in [0.2, 0.25) is 0 Å². The molecule has 2 aromatic carbocycles. The summed E-state index contributed by atoms with van der Waals surface area (Å²) < 4.78 is 41.5. The fourth-order valence-electron chi connectivity index (χ4n) is 2.11. The predicted octanol–water partition coefficient (Wildman–Crippen LogP) is 3.52. The standard InChI is InChI=1S/C16H13ClFN3O2S/c17-13-3-7-16(8-4-13)24(22,23)20-15-9-19-21(11-15)10-12-1-5-14(18)6-2-12/h1-9,11,20H,10H2. The number of halogens is 2. The lowest BCUT2D eigenvalue weighted by molar-refractivity contribution is 0.601. The molecule has 0 aliphatic rings. The Kier molecular flexibility index (Phi) is 4.55. The zero-order valence-corrected chi connectivity index (χ0v) is 13.9. The highest BCUT2D eigenvalue weighted by atomic mass is 35.5. The Hall–Kier alpha value is -2.38. The maximum atomic E-state index is 12.9. The summed E-state index contributed by atoms with van der Waals surface area (Å²) in [7, 11) is -3.71. The van der Waals surface area contributed by atoms with E-state index < -0.39 is 10.0 Å². The summed E-state index contributed by atoms with van der Waals surface area (Å²) in [5, 5.41) is 4.56. The number of benzene rings is 2. The van der Waals surface area contributed by atoms with Gasteiger partial charge in [-0.3, -0.25) is 9.40 Å². The molecule has 1 aromatic heterocycles. The molecule has 0 bridgehead atoms. The average Bonchev–Trinajstić information content (AvgIpc) is 2.96. The summed E-state index contributed by atoms with van der Waals surface area (Å²) >= 11 is 5.76. The van der Waals surface area contributed by atoms with Crippen molar-refractivity contribution in [2.24, 2.45) is 0 Å². The number of hydrogen-bond acceptors (Lipinski definition) is 3. The van der Waals surface area contributed by atoms with Crippen molar-refractivity contribution in [3.05, 3.63) is 77.3 Å². The van der Waals surface area contributed by atoms with Crippen molar-refractivity contribution in [2.75, 3.05) is 4.72 Å². The molecular formula is C16H13ClFN3O2S. The van der Waals surface area contributed by atoms with E-state index in [0.717, 1.165) is 5.56 Å². The van der Waals surface area contributed by atoms with Crippen LogP contribution < -0.4 is 4.72 Å². The fraction of sp³-hybridized carbons (Fsp3) is 0.0625. The molecule has 1 N–H and O–H groups in total. The first-order chi connectivity index (χ1) is 11.4. The summed E-state index contributed by atoms with van der Waals surface area (Å²) in [5.41, 5.74) is 1.19. The Morgan fingerprint density at radius 1 is 1.08 bits per heavy atom. The highest BCUT2D eigenvalue weighted by Gasteiger charge is 2.15. The lowest BCUT2D eigenvalue weighted by Gasteiger charge is -2.06. The molecule has 0 saturated carbocycles. The first kappa shape index (κ1) is 16.5. The summed E-state index contributed by atoms with van der Waals surface area (Å²) in [6, 6.07) is 11.9. The Balaban J connectivity index is 1.73. The summed E-state index contributed by atoms with van der Waals surface area (Å²) in [4.78, 5) is 0.109. The third-order valence-electron chi connectivity index (χ3n) is 3.27. The molecule has 1 heterocycles. The van der Waals surface area contributed by atoms with Gasteiger partial charge in [0.05, 0.1) is 23.3 Å². The van der Waals surface area contributed by atoms with Gasteiger partial charge in [0.25, 0.3) is 10.0 Å². The van der Waals surface area contributed by atoms with Gasteiger partial charge < -0.3 is 0 Å². The zero-order chi connectivity index (χ0) is 17.2. The van der Waals surface area contributed by atoms with Crippen LogP contribution in [-0.2, 0) is 16.6 Å². The van der Waals surface area contributed by atoms with Crippen molar-refractivity contribution in [3.8, 4) is 0 Å². The van der Waals surface area contributed by atoms with Crippen LogP contribution in [0.15, 0.2) is 65.8 Å². The molecule has 24 heavy (non-hydrogen) atoms. The summed E-state index contributed by atoms with van der Waals surface area (Å²) in [6.45, 7) is 0.406.